The number of benzene rings is 1. The molecule has 1 fully saturated rings. The van der Waals surface area contributed by atoms with Crippen LogP contribution in [-0.2, 0) is 6.42 Å². The molecule has 3 atom stereocenters. The highest BCUT2D eigenvalue weighted by molar-refractivity contribution is 5.19. The predicted octanol–water partition coefficient (Wildman–Crippen LogP) is 4.31. The van der Waals surface area contributed by atoms with Gasteiger partial charge in [0.1, 0.15) is 11.6 Å². The first-order valence-electron chi connectivity index (χ1n) is 7.81. The Balaban J connectivity index is 2.09. The highest BCUT2D eigenvalue weighted by Crippen LogP contribution is 2.33. The average Bonchev–Trinajstić information content (AvgIpc) is 2.44. The fourth-order valence-electron chi connectivity index (χ4n) is 3.46. The Bertz CT molecular complexity index is 433. The van der Waals surface area contributed by atoms with E-state index in [0.29, 0.717) is 23.9 Å². The topological polar surface area (TPSA) is 12.0 Å². The van der Waals surface area contributed by atoms with E-state index in [1.54, 1.807) is 6.07 Å². The van der Waals surface area contributed by atoms with Gasteiger partial charge >= 0.3 is 0 Å². The van der Waals surface area contributed by atoms with Crippen molar-refractivity contribution in [1.29, 1.82) is 0 Å². The van der Waals surface area contributed by atoms with Gasteiger partial charge in [-0.2, -0.15) is 0 Å². The van der Waals surface area contributed by atoms with Gasteiger partial charge in [-0.3, -0.25) is 0 Å². The summed E-state index contributed by atoms with van der Waals surface area (Å²) < 4.78 is 26.8. The molecule has 0 heterocycles. The summed E-state index contributed by atoms with van der Waals surface area (Å²) in [4.78, 5) is 0. The Labute approximate surface area is 120 Å². The Morgan fingerprint density at radius 3 is 2.65 bits per heavy atom. The summed E-state index contributed by atoms with van der Waals surface area (Å²) in [6, 6.07) is 4.43. The SMILES string of the molecule is CCNC1CCC(CC)CC1Cc1ccc(F)cc1F. The van der Waals surface area contributed by atoms with Crippen LogP contribution < -0.4 is 5.32 Å². The van der Waals surface area contributed by atoms with Crippen LogP contribution in [0.1, 0.15) is 45.1 Å². The summed E-state index contributed by atoms with van der Waals surface area (Å²) >= 11 is 0. The molecule has 1 aliphatic carbocycles. The van der Waals surface area contributed by atoms with Gasteiger partial charge in [-0.1, -0.05) is 26.3 Å². The lowest BCUT2D eigenvalue weighted by Gasteiger charge is -2.36. The van der Waals surface area contributed by atoms with Crippen LogP contribution in [0.25, 0.3) is 0 Å². The van der Waals surface area contributed by atoms with Crippen molar-refractivity contribution in [3.8, 4) is 0 Å². The van der Waals surface area contributed by atoms with Crippen LogP contribution in [0.5, 0.6) is 0 Å². The van der Waals surface area contributed by atoms with Crippen molar-refractivity contribution in [1.82, 2.24) is 5.32 Å². The molecule has 0 aromatic heterocycles. The standard InChI is InChI=1S/C17H25F2N/c1-3-12-5-8-17(20-4-2)14(9-12)10-13-6-7-15(18)11-16(13)19/h6-7,11-12,14,17,20H,3-5,8-10H2,1-2H3. The Morgan fingerprint density at radius 1 is 1.20 bits per heavy atom. The van der Waals surface area contributed by atoms with Gasteiger partial charge < -0.3 is 5.32 Å². The van der Waals surface area contributed by atoms with Crippen LogP contribution >= 0.6 is 0 Å². The van der Waals surface area contributed by atoms with Crippen LogP contribution in [0.2, 0.25) is 0 Å². The first-order chi connectivity index (χ1) is 9.63. The molecule has 20 heavy (non-hydrogen) atoms. The Kier molecular flexibility index (Phi) is 5.53. The average molecular weight is 281 g/mol. The zero-order chi connectivity index (χ0) is 14.5. The second kappa shape index (κ2) is 7.16. The van der Waals surface area contributed by atoms with E-state index in [4.69, 9.17) is 0 Å². The molecule has 112 valence electrons. The zero-order valence-electron chi connectivity index (χ0n) is 12.5. The summed E-state index contributed by atoms with van der Waals surface area (Å²) in [6.07, 6.45) is 5.48. The van der Waals surface area contributed by atoms with Gasteiger partial charge in [0.05, 0.1) is 0 Å². The summed E-state index contributed by atoms with van der Waals surface area (Å²) in [6.45, 7) is 5.29. The van der Waals surface area contributed by atoms with Crippen molar-refractivity contribution >= 4 is 0 Å². The molecule has 1 aromatic carbocycles. The van der Waals surface area contributed by atoms with Crippen LogP contribution in [0, 0.1) is 23.5 Å². The van der Waals surface area contributed by atoms with Gasteiger partial charge in [0.2, 0.25) is 0 Å². The van der Waals surface area contributed by atoms with E-state index >= 15 is 0 Å². The van der Waals surface area contributed by atoms with Crippen LogP contribution in [0.3, 0.4) is 0 Å². The fourth-order valence-corrected chi connectivity index (χ4v) is 3.46. The molecule has 0 aliphatic heterocycles. The molecule has 3 unspecified atom stereocenters. The van der Waals surface area contributed by atoms with Crippen LogP contribution in [0.15, 0.2) is 18.2 Å². The van der Waals surface area contributed by atoms with Crippen molar-refractivity contribution < 1.29 is 8.78 Å². The molecule has 1 N–H and O–H groups in total. The maximum absolute atomic E-state index is 13.8. The van der Waals surface area contributed by atoms with Crippen molar-refractivity contribution in [3.63, 3.8) is 0 Å². The van der Waals surface area contributed by atoms with E-state index in [1.165, 1.54) is 25.3 Å². The zero-order valence-corrected chi connectivity index (χ0v) is 12.5. The van der Waals surface area contributed by atoms with Gasteiger partial charge in [0.15, 0.2) is 0 Å². The van der Waals surface area contributed by atoms with Gasteiger partial charge in [-0.05, 0) is 55.7 Å². The third-order valence-electron chi connectivity index (χ3n) is 4.63. The van der Waals surface area contributed by atoms with Crippen molar-refractivity contribution in [3.05, 3.63) is 35.4 Å². The smallest absolute Gasteiger partial charge is 0.129 e. The Morgan fingerprint density at radius 2 is 2.00 bits per heavy atom. The molecule has 1 nitrogen and oxygen atoms in total. The molecule has 0 spiro atoms. The highest BCUT2D eigenvalue weighted by Gasteiger charge is 2.29. The lowest BCUT2D eigenvalue weighted by Crippen LogP contribution is -2.41. The minimum absolute atomic E-state index is 0.404. The Hall–Kier alpha value is -0.960. The van der Waals surface area contributed by atoms with Gasteiger partial charge in [0, 0.05) is 12.1 Å². The van der Waals surface area contributed by atoms with Crippen molar-refractivity contribution in [2.24, 2.45) is 11.8 Å². The second-order valence-electron chi connectivity index (χ2n) is 5.95. The molecule has 1 aromatic rings. The third kappa shape index (κ3) is 3.78. The van der Waals surface area contributed by atoms with E-state index < -0.39 is 11.6 Å². The van der Waals surface area contributed by atoms with Crippen molar-refractivity contribution in [2.45, 2.75) is 52.0 Å². The predicted molar refractivity (Wildman–Crippen MR) is 78.6 cm³/mol. The molecule has 0 radical (unpaired) electrons. The number of rotatable bonds is 5. The number of hydrogen-bond acceptors (Lipinski definition) is 1. The third-order valence-corrected chi connectivity index (χ3v) is 4.63. The lowest BCUT2D eigenvalue weighted by atomic mass is 9.74. The van der Waals surface area contributed by atoms with Crippen LogP contribution in [0.4, 0.5) is 8.78 Å². The molecule has 0 bridgehead atoms. The molecule has 1 saturated carbocycles. The van der Waals surface area contributed by atoms with E-state index in [-0.39, 0.29) is 0 Å². The normalized spacial score (nSPS) is 26.7. The van der Waals surface area contributed by atoms with Gasteiger partial charge in [-0.15, -0.1) is 0 Å². The quantitative estimate of drug-likeness (QED) is 0.848. The number of hydrogen-bond donors (Lipinski definition) is 1. The first kappa shape index (κ1) is 15.4. The molecular weight excluding hydrogens is 256 g/mol. The first-order valence-corrected chi connectivity index (χ1v) is 7.81. The highest BCUT2D eigenvalue weighted by atomic mass is 19.1. The monoisotopic (exact) mass is 281 g/mol. The van der Waals surface area contributed by atoms with Crippen LogP contribution in [-0.4, -0.2) is 12.6 Å². The maximum Gasteiger partial charge on any atom is 0.129 e. The molecular formula is C17H25F2N. The summed E-state index contributed by atoms with van der Waals surface area (Å²) in [7, 11) is 0. The molecule has 0 amide bonds. The van der Waals surface area contributed by atoms with Gasteiger partial charge in [-0.25, -0.2) is 8.78 Å². The summed E-state index contributed by atoms with van der Waals surface area (Å²) in [5.74, 6) is 0.301. The lowest BCUT2D eigenvalue weighted by molar-refractivity contribution is 0.199. The maximum atomic E-state index is 13.8. The number of nitrogens with one attached hydrogen (secondary N) is 1. The van der Waals surface area contributed by atoms with Crippen molar-refractivity contribution in [2.75, 3.05) is 6.54 Å². The minimum atomic E-state index is -0.496. The minimum Gasteiger partial charge on any atom is -0.314 e. The second-order valence-corrected chi connectivity index (χ2v) is 5.95. The van der Waals surface area contributed by atoms with E-state index in [9.17, 15) is 8.78 Å². The van der Waals surface area contributed by atoms with E-state index in [0.717, 1.165) is 24.9 Å². The van der Waals surface area contributed by atoms with E-state index in [1.807, 2.05) is 0 Å². The molecule has 2 rings (SSSR count). The van der Waals surface area contributed by atoms with E-state index in [2.05, 4.69) is 19.2 Å². The summed E-state index contributed by atoms with van der Waals surface area (Å²) in [5, 5.41) is 3.53. The summed E-state index contributed by atoms with van der Waals surface area (Å²) in [5.41, 5.74) is 0.649. The molecule has 1 aliphatic rings. The number of halogens is 2. The van der Waals surface area contributed by atoms with Gasteiger partial charge in [0.25, 0.3) is 0 Å². The molecule has 3 heteroatoms. The largest absolute Gasteiger partial charge is 0.314 e. The fraction of sp³-hybridized carbons (Fsp3) is 0.647. The molecule has 0 saturated heterocycles.